The standard InChI is InChI=1S/C19H29BrN2O4/c1-18(2)9-11(10-19(3,4)22-18)21-17(23)12-8-13(24-5)15(25-6)16(26-7)14(12)20/h8,11,22H,9-10H2,1-7H3,(H,21,23). The van der Waals surface area contributed by atoms with E-state index in [0.717, 1.165) is 12.8 Å². The van der Waals surface area contributed by atoms with Crippen molar-refractivity contribution in [2.24, 2.45) is 0 Å². The maximum Gasteiger partial charge on any atom is 0.252 e. The molecule has 0 radical (unpaired) electrons. The first-order chi connectivity index (χ1) is 12.0. The van der Waals surface area contributed by atoms with Gasteiger partial charge in [-0.1, -0.05) is 0 Å². The van der Waals surface area contributed by atoms with Crippen molar-refractivity contribution in [3.63, 3.8) is 0 Å². The van der Waals surface area contributed by atoms with Crippen molar-refractivity contribution >= 4 is 21.8 Å². The molecule has 0 spiro atoms. The van der Waals surface area contributed by atoms with E-state index in [-0.39, 0.29) is 23.0 Å². The van der Waals surface area contributed by atoms with Crippen LogP contribution in [-0.2, 0) is 0 Å². The molecule has 0 saturated carbocycles. The summed E-state index contributed by atoms with van der Waals surface area (Å²) in [6, 6.07) is 1.73. The molecule has 1 saturated heterocycles. The van der Waals surface area contributed by atoms with Gasteiger partial charge in [0.15, 0.2) is 11.5 Å². The molecule has 1 aromatic carbocycles. The van der Waals surface area contributed by atoms with Crippen LogP contribution in [0.5, 0.6) is 17.2 Å². The molecule has 0 aromatic heterocycles. The molecule has 26 heavy (non-hydrogen) atoms. The summed E-state index contributed by atoms with van der Waals surface area (Å²) in [6.07, 6.45) is 1.70. The molecule has 1 fully saturated rings. The van der Waals surface area contributed by atoms with Crippen LogP contribution in [0.25, 0.3) is 0 Å². The number of hydrogen-bond acceptors (Lipinski definition) is 5. The van der Waals surface area contributed by atoms with E-state index in [2.05, 4.69) is 54.3 Å². The van der Waals surface area contributed by atoms with Gasteiger partial charge in [-0.3, -0.25) is 4.79 Å². The minimum absolute atomic E-state index is 0.0494. The topological polar surface area (TPSA) is 68.8 Å². The molecule has 0 aliphatic carbocycles. The van der Waals surface area contributed by atoms with E-state index in [0.29, 0.717) is 27.3 Å². The van der Waals surface area contributed by atoms with Gasteiger partial charge in [0.25, 0.3) is 5.91 Å². The smallest absolute Gasteiger partial charge is 0.252 e. The number of carbonyl (C=O) groups is 1. The zero-order chi connectivity index (χ0) is 19.7. The van der Waals surface area contributed by atoms with Crippen LogP contribution in [0.1, 0.15) is 50.9 Å². The van der Waals surface area contributed by atoms with E-state index >= 15 is 0 Å². The highest BCUT2D eigenvalue weighted by Crippen LogP contribution is 2.44. The molecule has 1 aliphatic rings. The minimum Gasteiger partial charge on any atom is -0.493 e. The van der Waals surface area contributed by atoms with Gasteiger partial charge in [0, 0.05) is 17.1 Å². The van der Waals surface area contributed by atoms with Gasteiger partial charge in [-0.05, 0) is 62.5 Å². The average Bonchev–Trinajstić information content (AvgIpc) is 2.50. The quantitative estimate of drug-likeness (QED) is 0.750. The average molecular weight is 429 g/mol. The summed E-state index contributed by atoms with van der Waals surface area (Å²) >= 11 is 3.47. The van der Waals surface area contributed by atoms with Gasteiger partial charge in [-0.25, -0.2) is 0 Å². The summed E-state index contributed by atoms with van der Waals surface area (Å²) in [5.74, 6) is 1.16. The van der Waals surface area contributed by atoms with Gasteiger partial charge >= 0.3 is 0 Å². The number of ether oxygens (including phenoxy) is 3. The van der Waals surface area contributed by atoms with Crippen molar-refractivity contribution in [3.05, 3.63) is 16.1 Å². The van der Waals surface area contributed by atoms with Gasteiger partial charge in [0.1, 0.15) is 0 Å². The van der Waals surface area contributed by atoms with Crippen LogP contribution in [0, 0.1) is 0 Å². The Kier molecular flexibility index (Phi) is 6.13. The Balaban J connectivity index is 2.32. The van der Waals surface area contributed by atoms with E-state index in [1.807, 2.05) is 0 Å². The SMILES string of the molecule is COc1cc(C(=O)NC2CC(C)(C)NC(C)(C)C2)c(Br)c(OC)c1OC. The Hall–Kier alpha value is -1.47. The largest absolute Gasteiger partial charge is 0.493 e. The van der Waals surface area contributed by atoms with Crippen LogP contribution >= 0.6 is 15.9 Å². The second-order valence-corrected chi connectivity index (χ2v) is 8.77. The lowest BCUT2D eigenvalue weighted by Crippen LogP contribution is -2.62. The van der Waals surface area contributed by atoms with Gasteiger partial charge in [0.05, 0.1) is 31.4 Å². The molecule has 7 heteroatoms. The fraction of sp³-hybridized carbons (Fsp3) is 0.632. The first kappa shape index (κ1) is 20.8. The van der Waals surface area contributed by atoms with Gasteiger partial charge < -0.3 is 24.8 Å². The third-order valence-electron chi connectivity index (χ3n) is 4.54. The number of hydrogen-bond donors (Lipinski definition) is 2. The Bertz CT molecular complexity index is 673. The lowest BCUT2D eigenvalue weighted by atomic mass is 9.79. The van der Waals surface area contributed by atoms with Crippen molar-refractivity contribution in [1.29, 1.82) is 0 Å². The molecule has 2 rings (SSSR count). The van der Waals surface area contributed by atoms with Crippen molar-refractivity contribution in [2.75, 3.05) is 21.3 Å². The van der Waals surface area contributed by atoms with E-state index in [4.69, 9.17) is 14.2 Å². The third kappa shape index (κ3) is 4.43. The number of nitrogens with one attached hydrogen (secondary N) is 2. The van der Waals surface area contributed by atoms with E-state index in [9.17, 15) is 4.79 Å². The van der Waals surface area contributed by atoms with E-state index in [1.165, 1.54) is 21.3 Å². The van der Waals surface area contributed by atoms with Crippen molar-refractivity contribution in [2.45, 2.75) is 57.7 Å². The number of benzene rings is 1. The Morgan fingerprint density at radius 1 is 1.08 bits per heavy atom. The molecule has 1 aliphatic heterocycles. The van der Waals surface area contributed by atoms with Crippen molar-refractivity contribution in [3.8, 4) is 17.2 Å². The van der Waals surface area contributed by atoms with Gasteiger partial charge in [-0.15, -0.1) is 0 Å². The molecule has 1 heterocycles. The molecular formula is C19H29BrN2O4. The fourth-order valence-corrected chi connectivity index (χ4v) is 4.61. The molecule has 146 valence electrons. The zero-order valence-corrected chi connectivity index (χ0v) is 18.2. The summed E-state index contributed by atoms with van der Waals surface area (Å²) in [5.41, 5.74) is 0.354. The van der Waals surface area contributed by atoms with Crippen LogP contribution in [-0.4, -0.2) is 44.4 Å². The lowest BCUT2D eigenvalue weighted by Gasteiger charge is -2.46. The highest BCUT2D eigenvalue weighted by Gasteiger charge is 2.38. The minimum atomic E-state index is -0.172. The molecule has 0 bridgehead atoms. The van der Waals surface area contributed by atoms with Crippen molar-refractivity contribution in [1.82, 2.24) is 10.6 Å². The predicted octanol–water partition coefficient (Wildman–Crippen LogP) is 3.51. The second-order valence-electron chi connectivity index (χ2n) is 7.98. The summed E-state index contributed by atoms with van der Waals surface area (Å²) < 4.78 is 16.7. The molecule has 6 nitrogen and oxygen atoms in total. The lowest BCUT2D eigenvalue weighted by molar-refractivity contribution is 0.0871. The molecular weight excluding hydrogens is 400 g/mol. The highest BCUT2D eigenvalue weighted by atomic mass is 79.9. The maximum atomic E-state index is 13.0. The fourth-order valence-electron chi connectivity index (χ4n) is 3.97. The summed E-state index contributed by atoms with van der Waals surface area (Å²) in [6.45, 7) is 8.62. The normalized spacial score (nSPS) is 18.9. The van der Waals surface area contributed by atoms with Crippen LogP contribution < -0.4 is 24.8 Å². The number of rotatable bonds is 5. The zero-order valence-electron chi connectivity index (χ0n) is 16.6. The third-order valence-corrected chi connectivity index (χ3v) is 5.33. The number of piperidine rings is 1. The monoisotopic (exact) mass is 428 g/mol. The summed E-state index contributed by atoms with van der Waals surface area (Å²) in [4.78, 5) is 13.0. The molecule has 0 unspecified atom stereocenters. The van der Waals surface area contributed by atoms with Crippen LogP contribution in [0.3, 0.4) is 0 Å². The predicted molar refractivity (Wildman–Crippen MR) is 106 cm³/mol. The first-order valence-electron chi connectivity index (χ1n) is 8.62. The van der Waals surface area contributed by atoms with E-state index < -0.39 is 0 Å². The Morgan fingerprint density at radius 2 is 1.62 bits per heavy atom. The van der Waals surface area contributed by atoms with E-state index in [1.54, 1.807) is 6.07 Å². The Morgan fingerprint density at radius 3 is 2.08 bits per heavy atom. The number of amides is 1. The number of halogens is 1. The molecule has 1 aromatic rings. The number of carbonyl (C=O) groups excluding carboxylic acids is 1. The first-order valence-corrected chi connectivity index (χ1v) is 9.41. The molecule has 2 N–H and O–H groups in total. The Labute approximate surface area is 164 Å². The second kappa shape index (κ2) is 7.64. The maximum absolute atomic E-state index is 13.0. The summed E-state index contributed by atoms with van der Waals surface area (Å²) in [7, 11) is 4.60. The van der Waals surface area contributed by atoms with Crippen LogP contribution in [0.4, 0.5) is 0 Å². The number of methoxy groups -OCH3 is 3. The van der Waals surface area contributed by atoms with Gasteiger partial charge in [-0.2, -0.15) is 0 Å². The van der Waals surface area contributed by atoms with Crippen LogP contribution in [0.2, 0.25) is 0 Å². The molecule has 0 atom stereocenters. The summed E-state index contributed by atoms with van der Waals surface area (Å²) in [5, 5.41) is 6.79. The van der Waals surface area contributed by atoms with Crippen molar-refractivity contribution < 1.29 is 19.0 Å². The van der Waals surface area contributed by atoms with Crippen LogP contribution in [0.15, 0.2) is 10.5 Å². The highest BCUT2D eigenvalue weighted by molar-refractivity contribution is 9.10. The molecule has 1 amide bonds. The van der Waals surface area contributed by atoms with Gasteiger partial charge in [0.2, 0.25) is 5.75 Å².